The van der Waals surface area contributed by atoms with E-state index in [1.54, 1.807) is 17.0 Å². The van der Waals surface area contributed by atoms with E-state index in [1.165, 1.54) is 13.1 Å². The van der Waals surface area contributed by atoms with Crippen LogP contribution in [0.2, 0.25) is 0 Å². The average Bonchev–Trinajstić information content (AvgIpc) is 3.51. The number of alkyl halides is 3. The smallest absolute Gasteiger partial charge is 0.371 e. The summed E-state index contributed by atoms with van der Waals surface area (Å²) in [5.41, 5.74) is -1.14. The Labute approximate surface area is 184 Å². The van der Waals surface area contributed by atoms with Crippen LogP contribution < -0.4 is 15.5 Å². The first kappa shape index (κ1) is 22.2. The number of nitrogens with zero attached hydrogens (tertiary/aromatic N) is 3. The van der Waals surface area contributed by atoms with Crippen molar-refractivity contribution in [2.24, 2.45) is 5.41 Å². The summed E-state index contributed by atoms with van der Waals surface area (Å²) in [4.78, 5) is 28.7. The van der Waals surface area contributed by atoms with Gasteiger partial charge in [0.15, 0.2) is 0 Å². The molecule has 4 rings (SSSR count). The van der Waals surface area contributed by atoms with Gasteiger partial charge in [-0.3, -0.25) is 4.79 Å². The van der Waals surface area contributed by atoms with Crippen molar-refractivity contribution in [1.82, 2.24) is 15.5 Å². The van der Waals surface area contributed by atoms with Gasteiger partial charge in [0.1, 0.15) is 6.04 Å². The lowest BCUT2D eigenvalue weighted by Gasteiger charge is -2.40. The highest BCUT2D eigenvalue weighted by Crippen LogP contribution is 2.45. The minimum Gasteiger partial charge on any atom is -0.371 e. The molecule has 7 nitrogen and oxygen atoms in total. The molecular formula is C22H26F3N5O2. The summed E-state index contributed by atoms with van der Waals surface area (Å²) in [7, 11) is 1.54. The van der Waals surface area contributed by atoms with Gasteiger partial charge >= 0.3 is 12.2 Å². The van der Waals surface area contributed by atoms with Gasteiger partial charge in [0, 0.05) is 38.4 Å². The third kappa shape index (κ3) is 4.33. The molecule has 2 N–H and O–H groups in total. The highest BCUT2D eigenvalue weighted by Gasteiger charge is 2.50. The molecule has 2 saturated heterocycles. The predicted molar refractivity (Wildman–Crippen MR) is 111 cm³/mol. The highest BCUT2D eigenvalue weighted by atomic mass is 19.4. The lowest BCUT2D eigenvalue weighted by Crippen LogP contribution is -2.49. The summed E-state index contributed by atoms with van der Waals surface area (Å²) >= 11 is 0. The van der Waals surface area contributed by atoms with E-state index in [4.69, 9.17) is 5.26 Å². The van der Waals surface area contributed by atoms with Crippen LogP contribution >= 0.6 is 0 Å². The number of carbonyl (C=O) groups excluding carboxylic acids is 2. The zero-order valence-electron chi connectivity index (χ0n) is 17.8. The maximum absolute atomic E-state index is 13.3. The van der Waals surface area contributed by atoms with Gasteiger partial charge in [0.05, 0.1) is 17.2 Å². The molecule has 3 aliphatic rings. The first-order chi connectivity index (χ1) is 15.2. The number of anilines is 1. The summed E-state index contributed by atoms with van der Waals surface area (Å²) in [6.45, 7) is 1.48. The van der Waals surface area contributed by atoms with Crippen molar-refractivity contribution in [3.8, 4) is 6.07 Å². The number of rotatable bonds is 3. The molecule has 1 aromatic rings. The molecular weight excluding hydrogens is 423 g/mol. The van der Waals surface area contributed by atoms with Crippen LogP contribution in [0.25, 0.3) is 0 Å². The Morgan fingerprint density at radius 3 is 2.47 bits per heavy atom. The quantitative estimate of drug-likeness (QED) is 0.743. The van der Waals surface area contributed by atoms with E-state index in [2.05, 4.69) is 10.6 Å². The van der Waals surface area contributed by atoms with E-state index in [9.17, 15) is 22.8 Å². The van der Waals surface area contributed by atoms with Crippen molar-refractivity contribution in [3.63, 3.8) is 0 Å². The third-order valence-corrected chi connectivity index (χ3v) is 6.83. The topological polar surface area (TPSA) is 88.5 Å². The molecule has 10 heteroatoms. The summed E-state index contributed by atoms with van der Waals surface area (Å²) in [5.74, 6) is -0.127. The second-order valence-electron chi connectivity index (χ2n) is 9.01. The van der Waals surface area contributed by atoms with E-state index < -0.39 is 23.3 Å². The molecule has 1 atom stereocenters. The lowest BCUT2D eigenvalue weighted by atomic mass is 9.76. The van der Waals surface area contributed by atoms with E-state index in [1.807, 2.05) is 4.90 Å². The Kier molecular flexibility index (Phi) is 5.69. The van der Waals surface area contributed by atoms with E-state index in [-0.39, 0.29) is 23.4 Å². The van der Waals surface area contributed by atoms with Crippen molar-refractivity contribution in [3.05, 3.63) is 29.3 Å². The fourth-order valence-electron chi connectivity index (χ4n) is 4.84. The number of halogens is 3. The Bertz CT molecular complexity index is 946. The first-order valence-corrected chi connectivity index (χ1v) is 10.8. The van der Waals surface area contributed by atoms with Crippen LogP contribution in [0.15, 0.2) is 18.2 Å². The monoisotopic (exact) mass is 449 g/mol. The molecule has 1 aliphatic carbocycles. The second kappa shape index (κ2) is 8.19. The molecule has 1 unspecified atom stereocenters. The Hall–Kier alpha value is -2.96. The van der Waals surface area contributed by atoms with Crippen molar-refractivity contribution >= 4 is 17.6 Å². The third-order valence-electron chi connectivity index (χ3n) is 6.83. The molecule has 2 aliphatic heterocycles. The number of carbonyl (C=O) groups is 2. The lowest BCUT2D eigenvalue weighted by molar-refractivity contribution is -0.137. The van der Waals surface area contributed by atoms with Crippen LogP contribution in [0, 0.1) is 16.7 Å². The molecule has 0 aromatic heterocycles. The average molecular weight is 449 g/mol. The van der Waals surface area contributed by atoms with Gasteiger partial charge in [-0.1, -0.05) is 0 Å². The van der Waals surface area contributed by atoms with E-state index in [0.717, 1.165) is 18.9 Å². The van der Waals surface area contributed by atoms with Gasteiger partial charge in [-0.05, 0) is 55.7 Å². The minimum absolute atomic E-state index is 0.127. The number of urea groups is 1. The fourth-order valence-corrected chi connectivity index (χ4v) is 4.84. The van der Waals surface area contributed by atoms with Crippen LogP contribution in [-0.4, -0.2) is 55.6 Å². The maximum atomic E-state index is 13.3. The highest BCUT2D eigenvalue weighted by molar-refractivity contribution is 5.88. The second-order valence-corrected chi connectivity index (χ2v) is 9.01. The SMILES string of the molecule is CNC(=O)N1CC2(CCN(c3ccc(C#N)c(C(F)(F)F)c3)CC2)CC1C(=O)NC1CC1. The van der Waals surface area contributed by atoms with Crippen molar-refractivity contribution in [2.75, 3.05) is 31.6 Å². The molecule has 172 valence electrons. The molecule has 2 heterocycles. The Morgan fingerprint density at radius 2 is 1.91 bits per heavy atom. The van der Waals surface area contributed by atoms with Crippen molar-refractivity contribution in [2.45, 2.75) is 50.4 Å². The minimum atomic E-state index is -4.60. The molecule has 1 saturated carbocycles. The van der Waals surface area contributed by atoms with E-state index >= 15 is 0 Å². The Balaban J connectivity index is 1.48. The summed E-state index contributed by atoms with van der Waals surface area (Å²) in [5, 5.41) is 14.6. The zero-order chi connectivity index (χ0) is 23.1. The number of hydrogen-bond acceptors (Lipinski definition) is 4. The molecule has 32 heavy (non-hydrogen) atoms. The molecule has 0 radical (unpaired) electrons. The van der Waals surface area contributed by atoms with Crippen LogP contribution in [0.4, 0.5) is 23.7 Å². The molecule has 3 fully saturated rings. The van der Waals surface area contributed by atoms with Gasteiger partial charge in [0.2, 0.25) is 5.91 Å². The maximum Gasteiger partial charge on any atom is 0.417 e. The summed E-state index contributed by atoms with van der Waals surface area (Å²) in [6.07, 6.45) is -0.802. The molecule has 0 bridgehead atoms. The first-order valence-electron chi connectivity index (χ1n) is 10.8. The Morgan fingerprint density at radius 1 is 1.22 bits per heavy atom. The largest absolute Gasteiger partial charge is 0.417 e. The predicted octanol–water partition coefficient (Wildman–Crippen LogP) is 2.86. The van der Waals surface area contributed by atoms with Crippen molar-refractivity contribution in [1.29, 1.82) is 5.26 Å². The van der Waals surface area contributed by atoms with Gasteiger partial charge in [-0.15, -0.1) is 0 Å². The number of piperidine rings is 1. The van der Waals surface area contributed by atoms with Gasteiger partial charge < -0.3 is 20.4 Å². The summed E-state index contributed by atoms with van der Waals surface area (Å²) < 4.78 is 40.0. The number of hydrogen-bond donors (Lipinski definition) is 2. The van der Waals surface area contributed by atoms with Crippen LogP contribution in [0.3, 0.4) is 0 Å². The van der Waals surface area contributed by atoms with Gasteiger partial charge in [0.25, 0.3) is 0 Å². The number of nitriles is 1. The standard InChI is InChI=1S/C22H26F3N5O2/c1-27-20(32)30-13-21(11-18(30)19(31)28-15-3-4-15)6-8-29(9-7-21)16-5-2-14(12-26)17(10-16)22(23,24)25/h2,5,10,15,18H,3-4,6-9,11,13H2,1H3,(H,27,32)(H,28,31). The number of likely N-dealkylation sites (tertiary alicyclic amines) is 1. The zero-order valence-corrected chi connectivity index (χ0v) is 17.8. The molecule has 3 amide bonds. The summed E-state index contributed by atoms with van der Waals surface area (Å²) in [6, 6.07) is 4.78. The van der Waals surface area contributed by atoms with Gasteiger partial charge in [-0.2, -0.15) is 18.4 Å². The van der Waals surface area contributed by atoms with Crippen LogP contribution in [-0.2, 0) is 11.0 Å². The fraction of sp³-hybridized carbons (Fsp3) is 0.591. The van der Waals surface area contributed by atoms with E-state index in [0.29, 0.717) is 44.6 Å². The molecule has 1 spiro atoms. The number of benzene rings is 1. The van der Waals surface area contributed by atoms with Crippen LogP contribution in [0.5, 0.6) is 0 Å². The normalized spacial score (nSPS) is 22.5. The number of amides is 3. The molecule has 1 aromatic carbocycles. The number of nitrogens with one attached hydrogen (secondary N) is 2. The van der Waals surface area contributed by atoms with Crippen molar-refractivity contribution < 1.29 is 22.8 Å². The van der Waals surface area contributed by atoms with Crippen LogP contribution in [0.1, 0.15) is 43.2 Å². The van der Waals surface area contributed by atoms with Gasteiger partial charge in [-0.25, -0.2) is 4.79 Å².